The Morgan fingerprint density at radius 2 is 0.623 bits per heavy atom. The largest absolute Gasteiger partial charge is 0.466 e. The molecule has 0 bridgehead atoms. The number of ether oxygens (including phenoxy) is 1. The summed E-state index contributed by atoms with van der Waals surface area (Å²) in [6.07, 6.45) is 85.2. The Morgan fingerprint density at radius 1 is 0.351 bits per heavy atom. The molecular formula is C71H135NO5. The molecule has 0 aliphatic rings. The molecular weight excluding hydrogens is 947 g/mol. The van der Waals surface area contributed by atoms with Gasteiger partial charge in [0.05, 0.1) is 25.4 Å². The van der Waals surface area contributed by atoms with Crippen LogP contribution in [0.5, 0.6) is 0 Å². The zero-order valence-electron chi connectivity index (χ0n) is 52.0. The normalized spacial score (nSPS) is 12.7. The molecule has 77 heavy (non-hydrogen) atoms. The average Bonchev–Trinajstić information content (AvgIpc) is 3.43. The van der Waals surface area contributed by atoms with E-state index in [4.69, 9.17) is 4.74 Å². The molecule has 0 aliphatic heterocycles. The first-order valence-corrected chi connectivity index (χ1v) is 34.8. The van der Waals surface area contributed by atoms with Crippen molar-refractivity contribution in [2.45, 2.75) is 392 Å². The topological polar surface area (TPSA) is 95.9 Å². The number of nitrogens with one attached hydrogen (secondary N) is 1. The van der Waals surface area contributed by atoms with E-state index in [-0.39, 0.29) is 18.5 Å². The summed E-state index contributed by atoms with van der Waals surface area (Å²) in [5, 5.41) is 23.2. The lowest BCUT2D eigenvalue weighted by Gasteiger charge is -2.20. The van der Waals surface area contributed by atoms with Crippen LogP contribution in [0.15, 0.2) is 36.5 Å². The van der Waals surface area contributed by atoms with Crippen LogP contribution < -0.4 is 5.32 Å². The monoisotopic (exact) mass is 1080 g/mol. The lowest BCUT2D eigenvalue weighted by molar-refractivity contribution is -0.143. The molecule has 454 valence electrons. The first-order valence-electron chi connectivity index (χ1n) is 34.8. The summed E-state index contributed by atoms with van der Waals surface area (Å²) in [4.78, 5) is 24.5. The predicted octanol–water partition coefficient (Wildman–Crippen LogP) is 22.3. The minimum atomic E-state index is -0.842. The van der Waals surface area contributed by atoms with Gasteiger partial charge < -0.3 is 20.3 Å². The highest BCUT2D eigenvalue weighted by Crippen LogP contribution is 2.18. The standard InChI is InChI=1S/C71H135NO5/c1-3-5-7-9-11-13-15-16-17-37-40-44-47-51-55-59-63-69(74)68(67-73)72-70(75)64-60-56-52-48-45-41-38-35-33-31-29-27-25-23-21-19-18-20-22-24-26-28-30-32-34-36-39-42-46-50-54-58-62-66-77-71(76)65-61-57-53-49-43-14-12-10-8-6-4-2/h10,12,22,24,59,63,68-69,73-74H,3-9,11,13-21,23,25-58,60-62,64-67H2,1-2H3,(H,72,75)/b12-10-,24-22-,63-59+. The van der Waals surface area contributed by atoms with E-state index < -0.39 is 12.1 Å². The molecule has 0 spiro atoms. The minimum absolute atomic E-state index is 0.00744. The second-order valence-electron chi connectivity index (χ2n) is 23.9. The van der Waals surface area contributed by atoms with E-state index in [9.17, 15) is 19.8 Å². The van der Waals surface area contributed by atoms with Gasteiger partial charge in [-0.15, -0.1) is 0 Å². The zero-order valence-corrected chi connectivity index (χ0v) is 52.0. The van der Waals surface area contributed by atoms with Crippen molar-refractivity contribution < 1.29 is 24.5 Å². The molecule has 0 rings (SSSR count). The zero-order chi connectivity index (χ0) is 55.7. The molecule has 3 N–H and O–H groups in total. The van der Waals surface area contributed by atoms with Crippen LogP contribution in [-0.2, 0) is 14.3 Å². The number of aliphatic hydroxyl groups is 2. The van der Waals surface area contributed by atoms with Gasteiger partial charge in [-0.05, 0) is 77.0 Å². The first-order chi connectivity index (χ1) is 38.0. The van der Waals surface area contributed by atoms with Crippen LogP contribution in [0.25, 0.3) is 0 Å². The van der Waals surface area contributed by atoms with E-state index in [1.807, 2.05) is 6.08 Å². The lowest BCUT2D eigenvalue weighted by Crippen LogP contribution is -2.45. The maximum atomic E-state index is 12.5. The third-order valence-electron chi connectivity index (χ3n) is 16.1. The number of hydrogen-bond acceptors (Lipinski definition) is 5. The fourth-order valence-corrected chi connectivity index (χ4v) is 10.8. The summed E-state index contributed by atoms with van der Waals surface area (Å²) >= 11 is 0. The van der Waals surface area contributed by atoms with Gasteiger partial charge >= 0.3 is 5.97 Å². The van der Waals surface area contributed by atoms with Gasteiger partial charge in [0.2, 0.25) is 5.91 Å². The molecule has 0 saturated carbocycles. The lowest BCUT2D eigenvalue weighted by atomic mass is 10.0. The molecule has 2 atom stereocenters. The highest BCUT2D eigenvalue weighted by atomic mass is 16.5. The fourth-order valence-electron chi connectivity index (χ4n) is 10.8. The number of aliphatic hydroxyl groups excluding tert-OH is 2. The first kappa shape index (κ1) is 75.1. The van der Waals surface area contributed by atoms with Crippen LogP contribution >= 0.6 is 0 Å². The molecule has 0 aromatic rings. The highest BCUT2D eigenvalue weighted by Gasteiger charge is 2.18. The van der Waals surface area contributed by atoms with Crippen molar-refractivity contribution in [2.24, 2.45) is 0 Å². The molecule has 0 fully saturated rings. The van der Waals surface area contributed by atoms with Gasteiger partial charge in [0, 0.05) is 12.8 Å². The van der Waals surface area contributed by atoms with Gasteiger partial charge in [-0.3, -0.25) is 9.59 Å². The Balaban J connectivity index is 3.37. The van der Waals surface area contributed by atoms with Gasteiger partial charge in [0.25, 0.3) is 0 Å². The minimum Gasteiger partial charge on any atom is -0.466 e. The number of hydrogen-bond donors (Lipinski definition) is 3. The highest BCUT2D eigenvalue weighted by molar-refractivity contribution is 5.76. The van der Waals surface area contributed by atoms with Crippen molar-refractivity contribution in [3.63, 3.8) is 0 Å². The van der Waals surface area contributed by atoms with Gasteiger partial charge in [-0.25, -0.2) is 0 Å². The van der Waals surface area contributed by atoms with Crippen molar-refractivity contribution in [1.29, 1.82) is 0 Å². The van der Waals surface area contributed by atoms with Gasteiger partial charge in [-0.1, -0.05) is 326 Å². The van der Waals surface area contributed by atoms with Gasteiger partial charge in [-0.2, -0.15) is 0 Å². The molecule has 0 aromatic heterocycles. The van der Waals surface area contributed by atoms with Crippen LogP contribution in [0.4, 0.5) is 0 Å². The average molecular weight is 1080 g/mol. The third-order valence-corrected chi connectivity index (χ3v) is 16.1. The maximum absolute atomic E-state index is 12.5. The molecule has 0 heterocycles. The Bertz CT molecular complexity index is 1250. The molecule has 0 aromatic carbocycles. The van der Waals surface area contributed by atoms with Crippen molar-refractivity contribution in [2.75, 3.05) is 13.2 Å². The molecule has 6 heteroatoms. The molecule has 0 radical (unpaired) electrons. The molecule has 0 saturated heterocycles. The second kappa shape index (κ2) is 66.6. The summed E-state index contributed by atoms with van der Waals surface area (Å²) in [6.45, 7) is 4.89. The van der Waals surface area contributed by atoms with Crippen molar-refractivity contribution in [3.05, 3.63) is 36.5 Å². The Hall–Kier alpha value is -1.92. The van der Waals surface area contributed by atoms with Crippen LogP contribution in [0.3, 0.4) is 0 Å². The van der Waals surface area contributed by atoms with Gasteiger partial charge in [0.15, 0.2) is 0 Å². The van der Waals surface area contributed by atoms with Crippen molar-refractivity contribution >= 4 is 11.9 Å². The summed E-state index contributed by atoms with van der Waals surface area (Å²) in [7, 11) is 0. The van der Waals surface area contributed by atoms with E-state index in [1.54, 1.807) is 6.08 Å². The second-order valence-corrected chi connectivity index (χ2v) is 23.9. The number of carbonyl (C=O) groups is 2. The van der Waals surface area contributed by atoms with Crippen LogP contribution in [0.2, 0.25) is 0 Å². The number of unbranched alkanes of at least 4 members (excludes halogenated alkanes) is 50. The Kier molecular flexibility index (Phi) is 64.9. The summed E-state index contributed by atoms with van der Waals surface area (Å²) < 4.78 is 5.47. The number of allylic oxidation sites excluding steroid dienone is 5. The van der Waals surface area contributed by atoms with Crippen LogP contribution in [0, 0.1) is 0 Å². The van der Waals surface area contributed by atoms with E-state index in [0.717, 1.165) is 44.9 Å². The van der Waals surface area contributed by atoms with E-state index in [2.05, 4.69) is 43.5 Å². The number of carbonyl (C=O) groups excluding carboxylic acids is 2. The SMILES string of the molecule is CCCC/C=C\CCCCCCCC(=O)OCCCCCCCCCCCCCC/C=C\CCCCCCCCCCCCCCCCCCCC(=O)NC(CO)C(O)/C=C/CCCCCCCCCCCCCCCC. The number of rotatable bonds is 65. The van der Waals surface area contributed by atoms with E-state index >= 15 is 0 Å². The quantitative estimate of drug-likeness (QED) is 0.0320. The molecule has 0 aliphatic carbocycles. The molecule has 1 amide bonds. The number of amides is 1. The van der Waals surface area contributed by atoms with E-state index in [1.165, 1.54) is 308 Å². The predicted molar refractivity (Wildman–Crippen MR) is 338 cm³/mol. The van der Waals surface area contributed by atoms with Crippen LogP contribution in [-0.4, -0.2) is 47.4 Å². The fraction of sp³-hybridized carbons (Fsp3) is 0.887. The summed E-state index contributed by atoms with van der Waals surface area (Å²) in [6, 6.07) is -0.625. The third kappa shape index (κ3) is 63.1. The van der Waals surface area contributed by atoms with Gasteiger partial charge in [0.1, 0.15) is 0 Å². The Labute approximate surface area is 481 Å². The van der Waals surface area contributed by atoms with E-state index in [0.29, 0.717) is 19.4 Å². The van der Waals surface area contributed by atoms with Crippen molar-refractivity contribution in [3.8, 4) is 0 Å². The molecule has 6 nitrogen and oxygen atoms in total. The number of esters is 1. The molecule has 2 unspecified atom stereocenters. The maximum Gasteiger partial charge on any atom is 0.305 e. The summed E-state index contributed by atoms with van der Waals surface area (Å²) in [5.41, 5.74) is 0. The van der Waals surface area contributed by atoms with Crippen LogP contribution in [0.1, 0.15) is 380 Å². The Morgan fingerprint density at radius 3 is 0.961 bits per heavy atom. The van der Waals surface area contributed by atoms with Crippen molar-refractivity contribution in [1.82, 2.24) is 5.32 Å². The summed E-state index contributed by atoms with van der Waals surface area (Å²) in [5.74, 6) is -0.0550. The smallest absolute Gasteiger partial charge is 0.305 e.